The van der Waals surface area contributed by atoms with Gasteiger partial charge in [0.05, 0.1) is 7.11 Å². The highest BCUT2D eigenvalue weighted by molar-refractivity contribution is 5.79. The van der Waals surface area contributed by atoms with Crippen molar-refractivity contribution in [3.63, 3.8) is 0 Å². The number of ether oxygens (including phenoxy) is 2. The summed E-state index contributed by atoms with van der Waals surface area (Å²) in [5.74, 6) is 1.73. The van der Waals surface area contributed by atoms with Crippen LogP contribution in [0.1, 0.15) is 38.2 Å². The van der Waals surface area contributed by atoms with Crippen LogP contribution in [0.5, 0.6) is 11.5 Å². The van der Waals surface area contributed by atoms with Gasteiger partial charge in [-0.25, -0.2) is 0 Å². The highest BCUT2D eigenvalue weighted by Gasteiger charge is 2.21. The van der Waals surface area contributed by atoms with Gasteiger partial charge in [0, 0.05) is 12.8 Å². The summed E-state index contributed by atoms with van der Waals surface area (Å²) in [6.45, 7) is 1.98. The zero-order valence-corrected chi connectivity index (χ0v) is 11.5. The van der Waals surface area contributed by atoms with Crippen LogP contribution < -0.4 is 9.47 Å². The molecule has 0 aromatic heterocycles. The number of benzene rings is 1. The van der Waals surface area contributed by atoms with E-state index in [-0.39, 0.29) is 6.10 Å². The van der Waals surface area contributed by atoms with Crippen LogP contribution in [0.3, 0.4) is 0 Å². The number of carbonyl (C=O) groups is 1. The van der Waals surface area contributed by atoms with Gasteiger partial charge in [0.2, 0.25) is 0 Å². The summed E-state index contributed by atoms with van der Waals surface area (Å²) >= 11 is 0. The van der Waals surface area contributed by atoms with Gasteiger partial charge in [-0.1, -0.05) is 18.2 Å². The standard InChI is InChI=1S/C16H20O3/c1-3-5-12-8-9-15(16(10-12)18-2)19-14-7-4-6-13(17)11-14/h3,5,8-10,14H,4,6-7,11H2,1-2H3. The molecule has 0 spiro atoms. The van der Waals surface area contributed by atoms with E-state index in [4.69, 9.17) is 9.47 Å². The molecule has 1 fully saturated rings. The van der Waals surface area contributed by atoms with Crippen LogP contribution in [0, 0.1) is 0 Å². The molecule has 2 rings (SSSR count). The van der Waals surface area contributed by atoms with Crippen LogP contribution in [-0.4, -0.2) is 19.0 Å². The molecular weight excluding hydrogens is 240 g/mol. The van der Waals surface area contributed by atoms with E-state index in [9.17, 15) is 4.79 Å². The molecule has 0 saturated heterocycles. The summed E-state index contributed by atoms with van der Waals surface area (Å²) in [6.07, 6.45) is 7.04. The fourth-order valence-corrected chi connectivity index (χ4v) is 2.34. The van der Waals surface area contributed by atoms with Crippen LogP contribution in [0.2, 0.25) is 0 Å². The molecule has 1 unspecified atom stereocenters. The van der Waals surface area contributed by atoms with Gasteiger partial charge in [-0.3, -0.25) is 4.79 Å². The number of Topliss-reactive ketones (excluding diaryl/α,β-unsaturated/α-hetero) is 1. The van der Waals surface area contributed by atoms with Crippen molar-refractivity contribution in [3.05, 3.63) is 29.8 Å². The van der Waals surface area contributed by atoms with Gasteiger partial charge in [0.25, 0.3) is 0 Å². The highest BCUT2D eigenvalue weighted by Crippen LogP contribution is 2.31. The average Bonchev–Trinajstić information content (AvgIpc) is 2.41. The Morgan fingerprint density at radius 2 is 2.16 bits per heavy atom. The minimum absolute atomic E-state index is 0.0114. The highest BCUT2D eigenvalue weighted by atomic mass is 16.5. The third-order valence-corrected chi connectivity index (χ3v) is 3.28. The molecule has 0 bridgehead atoms. The quantitative estimate of drug-likeness (QED) is 0.829. The van der Waals surface area contributed by atoms with Crippen molar-refractivity contribution in [3.8, 4) is 11.5 Å². The zero-order valence-electron chi connectivity index (χ0n) is 11.5. The molecule has 0 heterocycles. The Balaban J connectivity index is 2.12. The Morgan fingerprint density at radius 3 is 2.84 bits per heavy atom. The van der Waals surface area contributed by atoms with Crippen LogP contribution in [0.25, 0.3) is 6.08 Å². The minimum Gasteiger partial charge on any atom is -0.493 e. The van der Waals surface area contributed by atoms with Crippen LogP contribution in [0.15, 0.2) is 24.3 Å². The Hall–Kier alpha value is -1.77. The van der Waals surface area contributed by atoms with Crippen molar-refractivity contribution < 1.29 is 14.3 Å². The fourth-order valence-electron chi connectivity index (χ4n) is 2.34. The second kappa shape index (κ2) is 6.41. The van der Waals surface area contributed by atoms with E-state index in [1.165, 1.54) is 0 Å². The molecule has 3 heteroatoms. The van der Waals surface area contributed by atoms with E-state index in [1.807, 2.05) is 37.3 Å². The number of hydrogen-bond donors (Lipinski definition) is 0. The van der Waals surface area contributed by atoms with Crippen molar-refractivity contribution in [1.29, 1.82) is 0 Å². The Labute approximate surface area is 114 Å². The molecular formula is C16H20O3. The summed E-state index contributed by atoms with van der Waals surface area (Å²) in [6, 6.07) is 5.84. The van der Waals surface area contributed by atoms with E-state index < -0.39 is 0 Å². The smallest absolute Gasteiger partial charge is 0.161 e. The Kier molecular flexibility index (Phi) is 4.61. The first-order valence-corrected chi connectivity index (χ1v) is 6.72. The second-order valence-corrected chi connectivity index (χ2v) is 4.79. The number of carbonyl (C=O) groups excluding carboxylic acids is 1. The molecule has 1 saturated carbocycles. The fraction of sp³-hybridized carbons (Fsp3) is 0.438. The van der Waals surface area contributed by atoms with Gasteiger partial charge in [-0.2, -0.15) is 0 Å². The molecule has 1 aromatic rings. The third kappa shape index (κ3) is 3.60. The van der Waals surface area contributed by atoms with Crippen molar-refractivity contribution in [2.75, 3.05) is 7.11 Å². The van der Waals surface area contributed by atoms with E-state index >= 15 is 0 Å². The molecule has 1 atom stereocenters. The Bertz CT molecular complexity index is 477. The van der Waals surface area contributed by atoms with Gasteiger partial charge >= 0.3 is 0 Å². The van der Waals surface area contributed by atoms with E-state index in [2.05, 4.69) is 0 Å². The monoisotopic (exact) mass is 260 g/mol. The summed E-state index contributed by atoms with van der Waals surface area (Å²) in [5, 5.41) is 0. The lowest BCUT2D eigenvalue weighted by molar-refractivity contribution is -0.122. The largest absolute Gasteiger partial charge is 0.493 e. The maximum Gasteiger partial charge on any atom is 0.161 e. The maximum absolute atomic E-state index is 11.4. The predicted octanol–water partition coefficient (Wildman–Crippen LogP) is 3.62. The first kappa shape index (κ1) is 13.7. The van der Waals surface area contributed by atoms with Gasteiger partial charge in [-0.15, -0.1) is 0 Å². The molecule has 3 nitrogen and oxygen atoms in total. The third-order valence-electron chi connectivity index (χ3n) is 3.28. The summed E-state index contributed by atoms with van der Waals surface area (Å²) in [4.78, 5) is 11.4. The number of allylic oxidation sites excluding steroid dienone is 1. The SMILES string of the molecule is CC=Cc1ccc(OC2CCCC(=O)C2)c(OC)c1. The number of rotatable bonds is 4. The van der Waals surface area contributed by atoms with Gasteiger partial charge in [0.1, 0.15) is 11.9 Å². The maximum atomic E-state index is 11.4. The lowest BCUT2D eigenvalue weighted by Gasteiger charge is -2.23. The normalized spacial score (nSPS) is 19.7. The topological polar surface area (TPSA) is 35.5 Å². The summed E-state index contributed by atoms with van der Waals surface area (Å²) in [5.41, 5.74) is 1.08. The summed E-state index contributed by atoms with van der Waals surface area (Å²) in [7, 11) is 1.63. The van der Waals surface area contributed by atoms with Crippen LogP contribution in [-0.2, 0) is 4.79 Å². The molecule has 0 radical (unpaired) electrons. The summed E-state index contributed by atoms with van der Waals surface area (Å²) < 4.78 is 11.3. The molecule has 0 N–H and O–H groups in total. The predicted molar refractivity (Wildman–Crippen MR) is 75.6 cm³/mol. The van der Waals surface area contributed by atoms with Crippen molar-refractivity contribution >= 4 is 11.9 Å². The number of ketones is 1. The van der Waals surface area contributed by atoms with E-state index in [1.54, 1.807) is 7.11 Å². The van der Waals surface area contributed by atoms with Gasteiger partial charge in [0.15, 0.2) is 11.5 Å². The molecule has 1 aromatic carbocycles. The molecule has 0 amide bonds. The lowest BCUT2D eigenvalue weighted by atomic mass is 9.96. The van der Waals surface area contributed by atoms with Crippen LogP contribution >= 0.6 is 0 Å². The van der Waals surface area contributed by atoms with Crippen LogP contribution in [0.4, 0.5) is 0 Å². The van der Waals surface area contributed by atoms with Crippen molar-refractivity contribution in [1.82, 2.24) is 0 Å². The molecule has 1 aliphatic carbocycles. The van der Waals surface area contributed by atoms with Gasteiger partial charge in [-0.05, 0) is 37.5 Å². The molecule has 19 heavy (non-hydrogen) atoms. The van der Waals surface area contributed by atoms with Crippen molar-refractivity contribution in [2.45, 2.75) is 38.7 Å². The Morgan fingerprint density at radius 1 is 1.32 bits per heavy atom. The molecule has 102 valence electrons. The van der Waals surface area contributed by atoms with E-state index in [0.717, 1.165) is 24.2 Å². The average molecular weight is 260 g/mol. The number of hydrogen-bond acceptors (Lipinski definition) is 3. The number of methoxy groups -OCH3 is 1. The zero-order chi connectivity index (χ0) is 13.7. The molecule has 0 aliphatic heterocycles. The minimum atomic E-state index is -0.0114. The second-order valence-electron chi connectivity index (χ2n) is 4.79. The first-order chi connectivity index (χ1) is 9.22. The van der Waals surface area contributed by atoms with E-state index in [0.29, 0.717) is 24.4 Å². The lowest BCUT2D eigenvalue weighted by Crippen LogP contribution is -2.25. The first-order valence-electron chi connectivity index (χ1n) is 6.72. The molecule has 1 aliphatic rings. The van der Waals surface area contributed by atoms with Crippen molar-refractivity contribution in [2.24, 2.45) is 0 Å². The van der Waals surface area contributed by atoms with Gasteiger partial charge < -0.3 is 9.47 Å².